The number of nitrogens with one attached hydrogen (secondary N) is 1. The van der Waals surface area contributed by atoms with Crippen LogP contribution in [0.4, 0.5) is 10.1 Å². The molecular weight excluding hydrogens is 422 g/mol. The van der Waals surface area contributed by atoms with Crippen LogP contribution in [0.25, 0.3) is 0 Å². The molecule has 11 heteroatoms. The summed E-state index contributed by atoms with van der Waals surface area (Å²) >= 11 is 5.86. The fraction of sp³-hybridized carbons (Fsp3) is 0.389. The van der Waals surface area contributed by atoms with Crippen LogP contribution in [0, 0.1) is 5.82 Å². The third kappa shape index (κ3) is 4.07. The Morgan fingerprint density at radius 3 is 2.41 bits per heavy atom. The van der Waals surface area contributed by atoms with Crippen molar-refractivity contribution in [2.75, 3.05) is 11.8 Å². The molecule has 0 unspecified atom stereocenters. The average molecular weight is 443 g/mol. The van der Waals surface area contributed by atoms with Crippen molar-refractivity contribution in [2.45, 2.75) is 43.8 Å². The average Bonchev–Trinajstić information content (AvgIpc) is 2.84. The minimum Gasteiger partial charge on any atom is -0.480 e. The molecule has 1 fully saturated rings. The van der Waals surface area contributed by atoms with Crippen molar-refractivity contribution in [1.82, 2.24) is 4.98 Å². The number of rotatable bonds is 5. The van der Waals surface area contributed by atoms with Crippen LogP contribution in [0.3, 0.4) is 0 Å². The fourth-order valence-electron chi connectivity index (χ4n) is 2.73. The number of aromatic nitrogens is 1. The van der Waals surface area contributed by atoms with E-state index in [1.54, 1.807) is 0 Å². The molecule has 156 valence electrons. The SMILES string of the molecule is COc1ncc(Cl)cc1S(=O)(=O)Nc1cccc(B2OC(C)(C)C(C)(C)O2)c1F. The van der Waals surface area contributed by atoms with Crippen molar-refractivity contribution in [3.8, 4) is 5.88 Å². The molecule has 0 aliphatic carbocycles. The summed E-state index contributed by atoms with van der Waals surface area (Å²) in [4.78, 5) is 3.52. The highest BCUT2D eigenvalue weighted by Gasteiger charge is 2.52. The third-order valence-electron chi connectivity index (χ3n) is 5.05. The molecule has 3 rings (SSSR count). The second-order valence-corrected chi connectivity index (χ2v) is 9.65. The number of nitrogens with zero attached hydrogens (tertiary/aromatic N) is 1. The van der Waals surface area contributed by atoms with E-state index in [1.165, 1.54) is 37.6 Å². The number of methoxy groups -OCH3 is 1. The highest BCUT2D eigenvalue weighted by Crippen LogP contribution is 2.37. The molecule has 1 aliphatic heterocycles. The molecule has 1 aromatic heterocycles. The molecule has 7 nitrogen and oxygen atoms in total. The van der Waals surface area contributed by atoms with Gasteiger partial charge < -0.3 is 14.0 Å². The van der Waals surface area contributed by atoms with E-state index >= 15 is 4.39 Å². The standard InChI is InChI=1S/C18H21BClFN2O5S/c1-17(2)18(3,4)28-19(27-17)12-7-6-8-13(15(12)21)23-29(24,25)14-9-11(20)10-22-16(14)26-5/h6-10,23H,1-5H3. The Bertz CT molecular complexity index is 1030. The Morgan fingerprint density at radius 1 is 1.21 bits per heavy atom. The van der Waals surface area contributed by atoms with Gasteiger partial charge >= 0.3 is 7.12 Å². The van der Waals surface area contributed by atoms with Crippen molar-refractivity contribution in [3.63, 3.8) is 0 Å². The first-order valence-electron chi connectivity index (χ1n) is 8.74. The molecule has 0 radical (unpaired) electrons. The van der Waals surface area contributed by atoms with Gasteiger partial charge in [-0.15, -0.1) is 0 Å². The Hall–Kier alpha value is -1.88. The largest absolute Gasteiger partial charge is 0.497 e. The zero-order chi connectivity index (χ0) is 21.6. The molecule has 0 bridgehead atoms. The minimum atomic E-state index is -4.23. The summed E-state index contributed by atoms with van der Waals surface area (Å²) < 4.78 is 59.7. The molecule has 0 amide bonds. The van der Waals surface area contributed by atoms with Crippen LogP contribution < -0.4 is 14.9 Å². The number of sulfonamides is 1. The number of pyridine rings is 1. The van der Waals surface area contributed by atoms with Crippen molar-refractivity contribution in [2.24, 2.45) is 0 Å². The van der Waals surface area contributed by atoms with E-state index in [1.807, 2.05) is 27.7 Å². The Labute approximate surface area is 174 Å². The smallest absolute Gasteiger partial charge is 0.480 e. The quantitative estimate of drug-likeness (QED) is 0.716. The molecule has 1 aliphatic rings. The van der Waals surface area contributed by atoms with Crippen LogP contribution in [-0.4, -0.2) is 38.8 Å². The van der Waals surface area contributed by atoms with Crippen LogP contribution in [0.2, 0.25) is 5.02 Å². The van der Waals surface area contributed by atoms with Gasteiger partial charge in [-0.1, -0.05) is 23.7 Å². The number of ether oxygens (including phenoxy) is 1. The van der Waals surface area contributed by atoms with Gasteiger partial charge in [0.15, 0.2) is 4.90 Å². The zero-order valence-corrected chi connectivity index (χ0v) is 18.2. The van der Waals surface area contributed by atoms with Gasteiger partial charge in [0.1, 0.15) is 5.82 Å². The summed E-state index contributed by atoms with van der Waals surface area (Å²) in [6.45, 7) is 7.37. The number of benzene rings is 1. The Morgan fingerprint density at radius 2 is 1.83 bits per heavy atom. The summed E-state index contributed by atoms with van der Waals surface area (Å²) in [5, 5.41) is 0.0950. The predicted octanol–water partition coefficient (Wildman–Crippen LogP) is 2.98. The predicted molar refractivity (Wildman–Crippen MR) is 109 cm³/mol. The van der Waals surface area contributed by atoms with Crippen molar-refractivity contribution >= 4 is 39.9 Å². The third-order valence-corrected chi connectivity index (χ3v) is 6.61. The normalized spacial score (nSPS) is 18.0. The molecular formula is C18H21BClFN2O5S. The number of anilines is 1. The lowest BCUT2D eigenvalue weighted by molar-refractivity contribution is 0.00578. The van der Waals surface area contributed by atoms with Gasteiger partial charge in [0.25, 0.3) is 10.0 Å². The monoisotopic (exact) mass is 442 g/mol. The van der Waals surface area contributed by atoms with Gasteiger partial charge in [-0.05, 0) is 39.8 Å². The van der Waals surface area contributed by atoms with Crippen molar-refractivity contribution in [1.29, 1.82) is 0 Å². The number of halogens is 2. The Balaban J connectivity index is 1.96. The van der Waals surface area contributed by atoms with Crippen LogP contribution in [-0.2, 0) is 19.3 Å². The van der Waals surface area contributed by atoms with Crippen LogP contribution >= 0.6 is 11.6 Å². The van der Waals surface area contributed by atoms with Crippen molar-refractivity contribution < 1.29 is 26.9 Å². The van der Waals surface area contributed by atoms with E-state index in [-0.39, 0.29) is 26.9 Å². The maximum absolute atomic E-state index is 15.2. The molecule has 1 saturated heterocycles. The lowest BCUT2D eigenvalue weighted by Crippen LogP contribution is -2.41. The highest BCUT2D eigenvalue weighted by atomic mass is 35.5. The van der Waals surface area contributed by atoms with Gasteiger partial charge in [-0.25, -0.2) is 17.8 Å². The number of hydrogen-bond acceptors (Lipinski definition) is 6. The van der Waals surface area contributed by atoms with E-state index in [0.29, 0.717) is 0 Å². The molecule has 1 aromatic carbocycles. The summed E-state index contributed by atoms with van der Waals surface area (Å²) in [6, 6.07) is 5.46. The zero-order valence-electron chi connectivity index (χ0n) is 16.6. The Kier molecular flexibility index (Phi) is 5.59. The van der Waals surface area contributed by atoms with E-state index in [0.717, 1.165) is 0 Å². The molecule has 29 heavy (non-hydrogen) atoms. The maximum Gasteiger partial charge on any atom is 0.497 e. The first-order chi connectivity index (χ1) is 13.4. The van der Waals surface area contributed by atoms with Gasteiger partial charge in [0, 0.05) is 11.7 Å². The first kappa shape index (κ1) is 21.8. The van der Waals surface area contributed by atoms with Crippen molar-refractivity contribution in [3.05, 3.63) is 41.3 Å². The van der Waals surface area contributed by atoms with Gasteiger partial charge in [-0.3, -0.25) is 4.72 Å². The second kappa shape index (κ2) is 7.43. The van der Waals surface area contributed by atoms with Gasteiger partial charge in [-0.2, -0.15) is 0 Å². The molecule has 0 atom stereocenters. The van der Waals surface area contributed by atoms with E-state index in [4.69, 9.17) is 25.6 Å². The van der Waals surface area contributed by atoms with Crippen LogP contribution in [0.1, 0.15) is 27.7 Å². The van der Waals surface area contributed by atoms with Crippen LogP contribution in [0.15, 0.2) is 35.4 Å². The molecule has 0 saturated carbocycles. The summed E-state index contributed by atoms with van der Waals surface area (Å²) in [7, 11) is -3.94. The van der Waals surface area contributed by atoms with E-state index < -0.39 is 34.2 Å². The topological polar surface area (TPSA) is 86.8 Å². The first-order valence-corrected chi connectivity index (χ1v) is 10.6. The summed E-state index contributed by atoms with van der Waals surface area (Å²) in [5.74, 6) is -0.965. The fourth-order valence-corrected chi connectivity index (χ4v) is 4.16. The molecule has 2 aromatic rings. The van der Waals surface area contributed by atoms with E-state index in [9.17, 15) is 8.42 Å². The molecule has 2 heterocycles. The van der Waals surface area contributed by atoms with Crippen LogP contribution in [0.5, 0.6) is 5.88 Å². The highest BCUT2D eigenvalue weighted by molar-refractivity contribution is 7.92. The lowest BCUT2D eigenvalue weighted by Gasteiger charge is -2.32. The summed E-state index contributed by atoms with van der Waals surface area (Å²) in [6.07, 6.45) is 1.25. The second-order valence-electron chi connectivity index (χ2n) is 7.56. The molecule has 0 spiro atoms. The summed E-state index contributed by atoms with van der Waals surface area (Å²) in [5.41, 5.74) is -1.52. The number of hydrogen-bond donors (Lipinski definition) is 1. The molecule has 1 N–H and O–H groups in total. The van der Waals surface area contributed by atoms with Gasteiger partial charge in [0.05, 0.1) is 29.0 Å². The lowest BCUT2D eigenvalue weighted by atomic mass is 9.78. The maximum atomic E-state index is 15.2. The van der Waals surface area contributed by atoms with E-state index in [2.05, 4.69) is 9.71 Å². The minimum absolute atomic E-state index is 0.0834. The van der Waals surface area contributed by atoms with Gasteiger partial charge in [0.2, 0.25) is 5.88 Å².